The number of nitrogens with one attached hydrogen (secondary N) is 2. The predicted molar refractivity (Wildman–Crippen MR) is 124 cm³/mol. The number of primary amides is 1. The largest absolute Gasteiger partial charge is 0.446 e. The van der Waals surface area contributed by atoms with E-state index in [4.69, 9.17) is 10.5 Å². The highest BCUT2D eigenvalue weighted by Crippen LogP contribution is 2.17. The van der Waals surface area contributed by atoms with Gasteiger partial charge in [-0.3, -0.25) is 14.4 Å². The number of aryl methyl sites for hydroxylation is 1. The van der Waals surface area contributed by atoms with E-state index in [1.165, 1.54) is 19.1 Å². The quantitative estimate of drug-likeness (QED) is 0.441. The zero-order valence-corrected chi connectivity index (χ0v) is 19.9. The zero-order valence-electron chi connectivity index (χ0n) is 19.1. The van der Waals surface area contributed by atoms with E-state index in [1.807, 2.05) is 0 Å². The van der Waals surface area contributed by atoms with Crippen LogP contribution >= 0.6 is 0 Å². The number of amides is 4. The fourth-order valence-electron chi connectivity index (χ4n) is 3.48. The Morgan fingerprint density at radius 3 is 2.34 bits per heavy atom. The molecule has 2 aromatic rings. The standard InChI is InChI=1S/C23H26N4O7S/c1-14-8-10-17(11-9-14)35(32,33)26-15(2)22(30)27-19(13-34-23(27)31)21(29)25-18(20(24)28)12-16-6-4-3-5-7-16/h3-11,15,18-19,26H,12-13H2,1-2H3,(H2,24,28)(H,25,29)/t15-,18-,19+/m0/s1. The first kappa shape index (κ1) is 25.8. The first-order chi connectivity index (χ1) is 16.5. The van der Waals surface area contributed by atoms with Gasteiger partial charge in [-0.05, 0) is 31.5 Å². The molecule has 0 spiro atoms. The van der Waals surface area contributed by atoms with Gasteiger partial charge in [-0.15, -0.1) is 0 Å². The molecule has 3 rings (SSSR count). The second-order valence-corrected chi connectivity index (χ2v) is 9.82. The number of imide groups is 1. The highest BCUT2D eigenvalue weighted by molar-refractivity contribution is 7.89. The van der Waals surface area contributed by atoms with E-state index in [9.17, 15) is 27.6 Å². The summed E-state index contributed by atoms with van der Waals surface area (Å²) < 4.78 is 32.3. The number of ether oxygens (including phenoxy) is 1. The second kappa shape index (κ2) is 10.7. The van der Waals surface area contributed by atoms with Gasteiger partial charge >= 0.3 is 6.09 Å². The number of cyclic esters (lactones) is 1. The summed E-state index contributed by atoms with van der Waals surface area (Å²) in [5.41, 5.74) is 7.01. The van der Waals surface area contributed by atoms with Gasteiger partial charge in [0, 0.05) is 6.42 Å². The van der Waals surface area contributed by atoms with Crippen LogP contribution in [0.5, 0.6) is 0 Å². The number of nitrogens with two attached hydrogens (primary N) is 1. The van der Waals surface area contributed by atoms with Crippen LogP contribution < -0.4 is 15.8 Å². The Kier molecular flexibility index (Phi) is 7.87. The van der Waals surface area contributed by atoms with Crippen molar-refractivity contribution in [2.45, 2.75) is 43.3 Å². The molecule has 0 saturated carbocycles. The molecule has 3 atom stereocenters. The molecule has 1 heterocycles. The van der Waals surface area contributed by atoms with Crippen LogP contribution in [-0.4, -0.2) is 61.9 Å². The van der Waals surface area contributed by atoms with Gasteiger partial charge in [-0.2, -0.15) is 4.72 Å². The van der Waals surface area contributed by atoms with Crippen LogP contribution in [0.25, 0.3) is 0 Å². The van der Waals surface area contributed by atoms with E-state index in [-0.39, 0.29) is 11.3 Å². The minimum Gasteiger partial charge on any atom is -0.446 e. The summed E-state index contributed by atoms with van der Waals surface area (Å²) in [6.07, 6.45) is -1.00. The van der Waals surface area contributed by atoms with Crippen molar-refractivity contribution in [2.75, 3.05) is 6.61 Å². The van der Waals surface area contributed by atoms with Gasteiger partial charge in [0.05, 0.1) is 10.9 Å². The molecular formula is C23H26N4O7S. The Morgan fingerprint density at radius 1 is 1.11 bits per heavy atom. The van der Waals surface area contributed by atoms with Crippen molar-refractivity contribution in [3.8, 4) is 0 Å². The maximum Gasteiger partial charge on any atom is 0.417 e. The summed E-state index contributed by atoms with van der Waals surface area (Å²) in [6, 6.07) is 10.9. The zero-order chi connectivity index (χ0) is 25.8. The molecule has 12 heteroatoms. The van der Waals surface area contributed by atoms with Gasteiger partial charge in [0.15, 0.2) is 6.04 Å². The number of sulfonamides is 1. The monoisotopic (exact) mass is 502 g/mol. The SMILES string of the molecule is Cc1ccc(S(=O)(=O)N[C@@H](C)C(=O)N2C(=O)OC[C@@H]2C(=O)N[C@@H](Cc2ccccc2)C(N)=O)cc1. The maximum absolute atomic E-state index is 13.0. The van der Waals surface area contributed by atoms with Crippen LogP contribution in [0.4, 0.5) is 4.79 Å². The lowest BCUT2D eigenvalue weighted by molar-refractivity contribution is -0.137. The third-order valence-corrected chi connectivity index (χ3v) is 6.95. The molecule has 186 valence electrons. The molecule has 0 bridgehead atoms. The van der Waals surface area contributed by atoms with Crippen molar-refractivity contribution in [2.24, 2.45) is 5.73 Å². The number of carbonyl (C=O) groups is 4. The molecule has 1 fully saturated rings. The van der Waals surface area contributed by atoms with E-state index in [0.29, 0.717) is 4.90 Å². The van der Waals surface area contributed by atoms with Gasteiger partial charge in [0.2, 0.25) is 21.8 Å². The van der Waals surface area contributed by atoms with Crippen molar-refractivity contribution in [1.82, 2.24) is 14.9 Å². The number of benzene rings is 2. The lowest BCUT2D eigenvalue weighted by Gasteiger charge is -2.24. The van der Waals surface area contributed by atoms with Crippen LogP contribution in [0.15, 0.2) is 59.5 Å². The maximum atomic E-state index is 13.0. The van der Waals surface area contributed by atoms with Crippen LogP contribution in [0.1, 0.15) is 18.1 Å². The molecule has 0 unspecified atom stereocenters. The van der Waals surface area contributed by atoms with Crippen molar-refractivity contribution >= 4 is 33.8 Å². The molecule has 35 heavy (non-hydrogen) atoms. The van der Waals surface area contributed by atoms with Crippen molar-refractivity contribution in [3.63, 3.8) is 0 Å². The molecule has 1 saturated heterocycles. The fourth-order valence-corrected chi connectivity index (χ4v) is 4.67. The molecule has 4 amide bonds. The van der Waals surface area contributed by atoms with Crippen LogP contribution in [0.3, 0.4) is 0 Å². The normalized spacial score (nSPS) is 17.4. The molecular weight excluding hydrogens is 476 g/mol. The molecule has 0 radical (unpaired) electrons. The number of carbonyl (C=O) groups excluding carboxylic acids is 4. The average Bonchev–Trinajstić information content (AvgIpc) is 3.20. The van der Waals surface area contributed by atoms with Gasteiger partial charge in [-0.25, -0.2) is 18.1 Å². The van der Waals surface area contributed by atoms with E-state index in [1.54, 1.807) is 49.4 Å². The van der Waals surface area contributed by atoms with Crippen molar-refractivity contribution in [1.29, 1.82) is 0 Å². The third kappa shape index (κ3) is 6.22. The molecule has 11 nitrogen and oxygen atoms in total. The highest BCUT2D eigenvalue weighted by Gasteiger charge is 2.45. The molecule has 4 N–H and O–H groups in total. The fraction of sp³-hybridized carbons (Fsp3) is 0.304. The van der Waals surface area contributed by atoms with Gasteiger partial charge in [-0.1, -0.05) is 48.0 Å². The number of hydrogen-bond acceptors (Lipinski definition) is 7. The molecule has 1 aliphatic rings. The molecule has 0 aliphatic carbocycles. The second-order valence-electron chi connectivity index (χ2n) is 8.11. The smallest absolute Gasteiger partial charge is 0.417 e. The summed E-state index contributed by atoms with van der Waals surface area (Å²) in [6.45, 7) is 2.59. The minimum absolute atomic E-state index is 0.0637. The van der Waals surface area contributed by atoms with Gasteiger partial charge < -0.3 is 15.8 Å². The summed E-state index contributed by atoms with van der Waals surface area (Å²) in [5, 5.41) is 2.45. The van der Waals surface area contributed by atoms with Crippen LogP contribution in [-0.2, 0) is 35.6 Å². The average molecular weight is 503 g/mol. The lowest BCUT2D eigenvalue weighted by atomic mass is 10.0. The van der Waals surface area contributed by atoms with Crippen LogP contribution in [0.2, 0.25) is 0 Å². The minimum atomic E-state index is -4.08. The predicted octanol–water partition coefficient (Wildman–Crippen LogP) is 0.222. The van der Waals surface area contributed by atoms with Gasteiger partial charge in [0.25, 0.3) is 5.91 Å². The van der Waals surface area contributed by atoms with Crippen LogP contribution in [0, 0.1) is 6.92 Å². The number of rotatable bonds is 9. The van der Waals surface area contributed by atoms with E-state index < -0.39 is 58.6 Å². The lowest BCUT2D eigenvalue weighted by Crippen LogP contribution is -2.57. The Balaban J connectivity index is 1.72. The Labute approximate surface area is 202 Å². The Hall–Kier alpha value is -3.77. The topological polar surface area (TPSA) is 165 Å². The first-order valence-corrected chi connectivity index (χ1v) is 12.2. The third-order valence-electron chi connectivity index (χ3n) is 5.39. The first-order valence-electron chi connectivity index (χ1n) is 10.7. The number of hydrogen-bond donors (Lipinski definition) is 3. The van der Waals surface area contributed by atoms with E-state index in [2.05, 4.69) is 10.0 Å². The molecule has 2 aromatic carbocycles. The van der Waals surface area contributed by atoms with E-state index >= 15 is 0 Å². The summed E-state index contributed by atoms with van der Waals surface area (Å²) >= 11 is 0. The summed E-state index contributed by atoms with van der Waals surface area (Å²) in [4.78, 5) is 50.5. The molecule has 0 aromatic heterocycles. The van der Waals surface area contributed by atoms with Crippen molar-refractivity contribution < 1.29 is 32.3 Å². The Bertz CT molecular complexity index is 1220. The highest BCUT2D eigenvalue weighted by atomic mass is 32.2. The Morgan fingerprint density at radius 2 is 1.74 bits per heavy atom. The molecule has 1 aliphatic heterocycles. The van der Waals surface area contributed by atoms with E-state index in [0.717, 1.165) is 11.1 Å². The summed E-state index contributed by atoms with van der Waals surface area (Å²) in [7, 11) is -4.08. The summed E-state index contributed by atoms with van der Waals surface area (Å²) in [5.74, 6) is -2.62. The van der Waals surface area contributed by atoms with Gasteiger partial charge in [0.1, 0.15) is 12.6 Å². The number of nitrogens with zero attached hydrogens (tertiary/aromatic N) is 1. The van der Waals surface area contributed by atoms with Crippen molar-refractivity contribution in [3.05, 3.63) is 65.7 Å².